The van der Waals surface area contributed by atoms with E-state index >= 15 is 0 Å². The van der Waals surface area contributed by atoms with Crippen molar-refractivity contribution in [2.24, 2.45) is 0 Å². The molecule has 2 aromatic carbocycles. The Balaban J connectivity index is 1.45. The monoisotopic (exact) mass is 470 g/mol. The van der Waals surface area contributed by atoms with Crippen molar-refractivity contribution in [3.05, 3.63) is 70.3 Å². The molecular weight excluding hydrogens is 444 g/mol. The predicted octanol–water partition coefficient (Wildman–Crippen LogP) is 4.26. The average Bonchev–Trinajstić information content (AvgIpc) is 2.78. The summed E-state index contributed by atoms with van der Waals surface area (Å²) >= 11 is 6.11. The van der Waals surface area contributed by atoms with E-state index in [0.29, 0.717) is 35.9 Å². The van der Waals surface area contributed by atoms with Crippen LogP contribution in [0.25, 0.3) is 5.57 Å². The van der Waals surface area contributed by atoms with E-state index in [2.05, 4.69) is 0 Å². The predicted molar refractivity (Wildman–Crippen MR) is 126 cm³/mol. The average molecular weight is 471 g/mol. The molecule has 2 heterocycles. The molecule has 1 fully saturated rings. The first-order valence-electron chi connectivity index (χ1n) is 11.0. The lowest BCUT2D eigenvalue weighted by Gasteiger charge is -2.48. The van der Waals surface area contributed by atoms with Gasteiger partial charge in [-0.1, -0.05) is 48.0 Å². The summed E-state index contributed by atoms with van der Waals surface area (Å²) in [6.45, 7) is 1.09. The Kier molecular flexibility index (Phi) is 6.91. The van der Waals surface area contributed by atoms with Gasteiger partial charge in [-0.05, 0) is 55.1 Å². The van der Waals surface area contributed by atoms with Gasteiger partial charge < -0.3 is 19.8 Å². The van der Waals surface area contributed by atoms with Crippen LogP contribution in [0.15, 0.2) is 54.1 Å². The van der Waals surface area contributed by atoms with Gasteiger partial charge in [-0.15, -0.1) is 0 Å². The Morgan fingerprint density at radius 3 is 2.48 bits per heavy atom. The van der Waals surface area contributed by atoms with Gasteiger partial charge in [0, 0.05) is 19.1 Å². The van der Waals surface area contributed by atoms with Gasteiger partial charge in [-0.2, -0.15) is 0 Å². The number of ether oxygens (including phenoxy) is 1. The number of likely N-dealkylation sites (N-methyl/N-ethyl adjacent to an activating group) is 1. The van der Waals surface area contributed by atoms with Crippen molar-refractivity contribution in [3.8, 4) is 5.75 Å². The van der Waals surface area contributed by atoms with Crippen molar-refractivity contribution in [1.82, 2.24) is 9.80 Å². The van der Waals surface area contributed by atoms with Crippen LogP contribution in [0.2, 0.25) is 5.02 Å². The summed E-state index contributed by atoms with van der Waals surface area (Å²) in [4.78, 5) is 27.0. The Hall–Kier alpha value is -3.03. The van der Waals surface area contributed by atoms with E-state index in [1.54, 1.807) is 6.07 Å². The van der Waals surface area contributed by atoms with Gasteiger partial charge in [0.05, 0.1) is 23.2 Å². The summed E-state index contributed by atoms with van der Waals surface area (Å²) in [7, 11) is 1.88. The molecular formula is C25H27ClN2O5. The Labute approximate surface area is 197 Å². The topological polar surface area (TPSA) is 90.3 Å². The second-order valence-corrected chi connectivity index (χ2v) is 8.91. The SMILES string of the molecule is CN1[C@@H]2CC(c3ccc(CCCOc4ccccc4Cl)cc3)=C(C(=O)O)[C@H]1CN(C(=O)O)C2. The largest absolute Gasteiger partial charge is 0.492 e. The Bertz CT molecular complexity index is 1070. The van der Waals surface area contributed by atoms with Crippen LogP contribution in [-0.4, -0.2) is 70.9 Å². The number of aliphatic carboxylic acids is 1. The van der Waals surface area contributed by atoms with Crippen LogP contribution in [0, 0.1) is 0 Å². The number of piperazine rings is 1. The molecule has 2 aromatic rings. The van der Waals surface area contributed by atoms with Crippen molar-refractivity contribution < 1.29 is 24.5 Å². The third-order valence-electron chi connectivity index (χ3n) is 6.50. The van der Waals surface area contributed by atoms with E-state index in [0.717, 1.165) is 29.5 Å². The van der Waals surface area contributed by atoms with E-state index in [1.807, 2.05) is 54.4 Å². The molecule has 2 atom stereocenters. The molecule has 7 nitrogen and oxygen atoms in total. The van der Waals surface area contributed by atoms with Crippen LogP contribution < -0.4 is 4.74 Å². The molecule has 2 N–H and O–H groups in total. The number of rotatable bonds is 7. The summed E-state index contributed by atoms with van der Waals surface area (Å²) in [5.74, 6) is -0.315. The van der Waals surface area contributed by atoms with Crippen LogP contribution in [0.3, 0.4) is 0 Å². The fourth-order valence-electron chi connectivity index (χ4n) is 4.69. The van der Waals surface area contributed by atoms with Gasteiger partial charge in [0.1, 0.15) is 5.75 Å². The number of para-hydroxylation sites is 1. The number of carboxylic acids is 1. The molecule has 2 bridgehead atoms. The van der Waals surface area contributed by atoms with Gasteiger partial charge in [0.25, 0.3) is 0 Å². The molecule has 0 aromatic heterocycles. The summed E-state index contributed by atoms with van der Waals surface area (Å²) in [6.07, 6.45) is 1.16. The standard InChI is InChI=1S/C25H27ClN2O5/c1-27-18-13-19(23(24(29)30)21(27)15-28(14-18)25(31)32)17-10-8-16(9-11-17)5-4-12-33-22-7-3-2-6-20(22)26/h2-3,6-11,18,21H,4-5,12-15H2,1H3,(H,29,30)(H,31,32)/t18-,21-/m1/s1. The second-order valence-electron chi connectivity index (χ2n) is 8.50. The minimum atomic E-state index is -1.01. The van der Waals surface area contributed by atoms with Gasteiger partial charge >= 0.3 is 12.1 Å². The van der Waals surface area contributed by atoms with Crippen LogP contribution >= 0.6 is 11.6 Å². The molecule has 1 saturated heterocycles. The smallest absolute Gasteiger partial charge is 0.407 e. The van der Waals surface area contributed by atoms with Crippen LogP contribution in [-0.2, 0) is 11.2 Å². The number of amides is 1. The summed E-state index contributed by atoms with van der Waals surface area (Å²) in [5, 5.41) is 20.0. The molecule has 1 amide bonds. The third kappa shape index (κ3) is 4.99. The van der Waals surface area contributed by atoms with E-state index in [-0.39, 0.29) is 12.6 Å². The quantitative estimate of drug-likeness (QED) is 0.588. The molecule has 8 heteroatoms. The highest BCUT2D eigenvalue weighted by Gasteiger charge is 2.43. The first kappa shape index (κ1) is 23.1. The van der Waals surface area contributed by atoms with E-state index < -0.39 is 18.1 Å². The fourth-order valence-corrected chi connectivity index (χ4v) is 4.88. The maximum Gasteiger partial charge on any atom is 0.407 e. The first-order valence-corrected chi connectivity index (χ1v) is 11.4. The molecule has 0 unspecified atom stereocenters. The molecule has 2 aliphatic heterocycles. The first-order chi connectivity index (χ1) is 15.8. The van der Waals surface area contributed by atoms with E-state index in [1.165, 1.54) is 4.90 Å². The van der Waals surface area contributed by atoms with E-state index in [4.69, 9.17) is 16.3 Å². The number of carboxylic acid groups (broad SMARTS) is 2. The summed E-state index contributed by atoms with van der Waals surface area (Å²) in [6, 6.07) is 14.9. The highest BCUT2D eigenvalue weighted by Crippen LogP contribution is 2.37. The Morgan fingerprint density at radius 1 is 1.09 bits per heavy atom. The van der Waals surface area contributed by atoms with Crippen LogP contribution in [0.4, 0.5) is 4.79 Å². The summed E-state index contributed by atoms with van der Waals surface area (Å²) < 4.78 is 5.74. The van der Waals surface area contributed by atoms with Crippen molar-refractivity contribution in [3.63, 3.8) is 0 Å². The maximum absolute atomic E-state index is 12.2. The molecule has 33 heavy (non-hydrogen) atoms. The van der Waals surface area contributed by atoms with Crippen LogP contribution in [0.5, 0.6) is 5.75 Å². The highest BCUT2D eigenvalue weighted by molar-refractivity contribution is 6.32. The van der Waals surface area contributed by atoms with Crippen molar-refractivity contribution in [2.45, 2.75) is 31.3 Å². The Morgan fingerprint density at radius 2 is 1.82 bits per heavy atom. The summed E-state index contributed by atoms with van der Waals surface area (Å²) in [5.41, 5.74) is 3.12. The number of hydrogen-bond donors (Lipinski definition) is 2. The number of halogens is 1. The van der Waals surface area contributed by atoms with E-state index in [9.17, 15) is 19.8 Å². The number of benzene rings is 2. The molecule has 2 aliphatic rings. The lowest BCUT2D eigenvalue weighted by molar-refractivity contribution is -0.134. The third-order valence-corrected chi connectivity index (χ3v) is 6.81. The number of aryl methyl sites for hydroxylation is 1. The van der Waals surface area contributed by atoms with Gasteiger partial charge in [-0.3, -0.25) is 4.90 Å². The number of fused-ring (bicyclic) bond motifs is 2. The van der Waals surface area contributed by atoms with Crippen molar-refractivity contribution in [2.75, 3.05) is 26.7 Å². The second kappa shape index (κ2) is 9.85. The number of nitrogens with zero attached hydrogens (tertiary/aromatic N) is 2. The van der Waals surface area contributed by atoms with Gasteiger partial charge in [-0.25, -0.2) is 9.59 Å². The molecule has 0 saturated carbocycles. The van der Waals surface area contributed by atoms with Gasteiger partial charge in [0.2, 0.25) is 0 Å². The van der Waals surface area contributed by atoms with Gasteiger partial charge in [0.15, 0.2) is 0 Å². The fraction of sp³-hybridized carbons (Fsp3) is 0.360. The minimum Gasteiger partial charge on any atom is -0.492 e. The molecule has 0 spiro atoms. The van der Waals surface area contributed by atoms with Crippen LogP contribution in [0.1, 0.15) is 24.0 Å². The molecule has 174 valence electrons. The number of hydrogen-bond acceptors (Lipinski definition) is 4. The molecule has 0 aliphatic carbocycles. The molecule has 4 rings (SSSR count). The van der Waals surface area contributed by atoms with Crippen molar-refractivity contribution in [1.29, 1.82) is 0 Å². The van der Waals surface area contributed by atoms with Crippen molar-refractivity contribution >= 4 is 29.2 Å². The minimum absolute atomic E-state index is 0.0421. The normalized spacial score (nSPS) is 20.6. The number of carbonyl (C=O) groups is 2. The maximum atomic E-state index is 12.2. The lowest BCUT2D eigenvalue weighted by atomic mass is 9.82. The highest BCUT2D eigenvalue weighted by atomic mass is 35.5. The lowest BCUT2D eigenvalue weighted by Crippen LogP contribution is -2.61. The zero-order valence-corrected chi connectivity index (χ0v) is 19.2. The molecule has 0 radical (unpaired) electrons. The zero-order valence-electron chi connectivity index (χ0n) is 18.4. The zero-order chi connectivity index (χ0) is 23.5.